The molecule has 0 heterocycles. The topological polar surface area (TPSA) is 49.4 Å². The molecule has 0 aliphatic heterocycles. The van der Waals surface area contributed by atoms with Crippen LogP contribution >= 0.6 is 23.2 Å². The van der Waals surface area contributed by atoms with Crippen LogP contribution in [0.25, 0.3) is 0 Å². The minimum atomic E-state index is -0.153. The molecule has 4 nitrogen and oxygen atoms in total. The molecule has 0 fully saturated rings. The SMILES string of the molecule is CC(=O)N(CCC(=O)Nc1ccc(Cl)cc1)Cc1ccc(Cl)cc1. The zero-order chi connectivity index (χ0) is 17.5. The first kappa shape index (κ1) is 18.3. The van der Waals surface area contributed by atoms with Gasteiger partial charge < -0.3 is 10.2 Å². The maximum atomic E-state index is 12.0. The molecule has 2 rings (SSSR count). The van der Waals surface area contributed by atoms with Crippen LogP contribution in [0.3, 0.4) is 0 Å². The Hall–Kier alpha value is -2.04. The van der Waals surface area contributed by atoms with Crippen LogP contribution in [0, 0.1) is 0 Å². The molecule has 2 aromatic carbocycles. The van der Waals surface area contributed by atoms with Crippen molar-refractivity contribution in [2.45, 2.75) is 19.9 Å². The highest BCUT2D eigenvalue weighted by Crippen LogP contribution is 2.14. The van der Waals surface area contributed by atoms with Crippen LogP contribution < -0.4 is 5.32 Å². The molecule has 1 N–H and O–H groups in total. The van der Waals surface area contributed by atoms with Gasteiger partial charge in [0.05, 0.1) is 0 Å². The van der Waals surface area contributed by atoms with E-state index in [4.69, 9.17) is 23.2 Å². The normalized spacial score (nSPS) is 10.3. The molecule has 0 aliphatic rings. The Morgan fingerprint density at radius 3 is 2.04 bits per heavy atom. The number of anilines is 1. The number of benzene rings is 2. The Labute approximate surface area is 151 Å². The fourth-order valence-electron chi connectivity index (χ4n) is 2.15. The first-order valence-electron chi connectivity index (χ1n) is 7.49. The second-order valence-electron chi connectivity index (χ2n) is 5.37. The van der Waals surface area contributed by atoms with Crippen LogP contribution in [0.1, 0.15) is 18.9 Å². The fourth-order valence-corrected chi connectivity index (χ4v) is 2.40. The number of hydrogen-bond donors (Lipinski definition) is 1. The lowest BCUT2D eigenvalue weighted by Gasteiger charge is -2.21. The van der Waals surface area contributed by atoms with E-state index in [1.807, 2.05) is 12.1 Å². The van der Waals surface area contributed by atoms with Gasteiger partial charge in [0.15, 0.2) is 0 Å². The van der Waals surface area contributed by atoms with E-state index in [1.54, 1.807) is 41.3 Å². The lowest BCUT2D eigenvalue weighted by atomic mass is 10.2. The van der Waals surface area contributed by atoms with Gasteiger partial charge in [-0.1, -0.05) is 35.3 Å². The highest BCUT2D eigenvalue weighted by Gasteiger charge is 2.12. The summed E-state index contributed by atoms with van der Waals surface area (Å²) in [5, 5.41) is 4.04. The molecule has 0 bridgehead atoms. The fraction of sp³-hybridized carbons (Fsp3) is 0.222. The molecular formula is C18H18Cl2N2O2. The minimum Gasteiger partial charge on any atom is -0.338 e. The van der Waals surface area contributed by atoms with Gasteiger partial charge in [-0.25, -0.2) is 0 Å². The smallest absolute Gasteiger partial charge is 0.226 e. The predicted octanol–water partition coefficient (Wildman–Crippen LogP) is 4.37. The number of halogens is 2. The zero-order valence-corrected chi connectivity index (χ0v) is 14.8. The van der Waals surface area contributed by atoms with Gasteiger partial charge in [0, 0.05) is 42.2 Å². The summed E-state index contributed by atoms with van der Waals surface area (Å²) in [4.78, 5) is 25.4. The summed E-state index contributed by atoms with van der Waals surface area (Å²) >= 11 is 11.7. The lowest BCUT2D eigenvalue weighted by molar-refractivity contribution is -0.129. The molecule has 0 spiro atoms. The largest absolute Gasteiger partial charge is 0.338 e. The predicted molar refractivity (Wildman–Crippen MR) is 97.2 cm³/mol. The third-order valence-corrected chi connectivity index (χ3v) is 3.97. The van der Waals surface area contributed by atoms with Crippen molar-refractivity contribution in [3.05, 3.63) is 64.1 Å². The Bertz CT molecular complexity index is 700. The maximum Gasteiger partial charge on any atom is 0.226 e. The van der Waals surface area contributed by atoms with Crippen LogP contribution in [0.15, 0.2) is 48.5 Å². The molecule has 2 amide bonds. The van der Waals surface area contributed by atoms with Gasteiger partial charge in [0.2, 0.25) is 11.8 Å². The van der Waals surface area contributed by atoms with E-state index < -0.39 is 0 Å². The van der Waals surface area contributed by atoms with E-state index in [-0.39, 0.29) is 18.2 Å². The van der Waals surface area contributed by atoms with Crippen molar-refractivity contribution in [1.82, 2.24) is 4.90 Å². The summed E-state index contributed by atoms with van der Waals surface area (Å²) in [5.41, 5.74) is 1.64. The summed E-state index contributed by atoms with van der Waals surface area (Å²) in [6.07, 6.45) is 0.218. The van der Waals surface area contributed by atoms with Crippen molar-refractivity contribution in [3.8, 4) is 0 Å². The maximum absolute atomic E-state index is 12.0. The monoisotopic (exact) mass is 364 g/mol. The van der Waals surface area contributed by atoms with E-state index in [0.29, 0.717) is 28.8 Å². The standard InChI is InChI=1S/C18H18Cl2N2O2/c1-13(23)22(12-14-2-4-15(19)5-3-14)11-10-18(24)21-17-8-6-16(20)7-9-17/h2-9H,10-12H2,1H3,(H,21,24). The van der Waals surface area contributed by atoms with Crippen LogP contribution in [0.2, 0.25) is 10.0 Å². The number of nitrogens with zero attached hydrogens (tertiary/aromatic N) is 1. The average molecular weight is 365 g/mol. The van der Waals surface area contributed by atoms with Crippen LogP contribution in [-0.2, 0) is 16.1 Å². The van der Waals surface area contributed by atoms with Gasteiger partial charge in [-0.3, -0.25) is 9.59 Å². The van der Waals surface area contributed by atoms with Crippen LogP contribution in [0.4, 0.5) is 5.69 Å². The molecular weight excluding hydrogens is 347 g/mol. The molecule has 0 saturated carbocycles. The Morgan fingerprint density at radius 2 is 1.50 bits per heavy atom. The Balaban J connectivity index is 1.88. The third kappa shape index (κ3) is 5.87. The first-order valence-corrected chi connectivity index (χ1v) is 8.25. The van der Waals surface area contributed by atoms with Crippen molar-refractivity contribution in [3.63, 3.8) is 0 Å². The molecule has 0 atom stereocenters. The van der Waals surface area contributed by atoms with Gasteiger partial charge in [0.25, 0.3) is 0 Å². The van der Waals surface area contributed by atoms with E-state index in [2.05, 4.69) is 5.32 Å². The summed E-state index contributed by atoms with van der Waals surface area (Å²) < 4.78 is 0. The van der Waals surface area contributed by atoms with Gasteiger partial charge in [-0.05, 0) is 42.0 Å². The highest BCUT2D eigenvalue weighted by atomic mass is 35.5. The van der Waals surface area contributed by atoms with E-state index >= 15 is 0 Å². The molecule has 0 aliphatic carbocycles. The molecule has 0 saturated heterocycles. The number of hydrogen-bond acceptors (Lipinski definition) is 2. The Morgan fingerprint density at radius 1 is 0.958 bits per heavy atom. The molecule has 6 heteroatoms. The summed E-state index contributed by atoms with van der Waals surface area (Å²) in [5.74, 6) is -0.232. The van der Waals surface area contributed by atoms with Gasteiger partial charge in [0.1, 0.15) is 0 Å². The second kappa shape index (κ2) is 8.71. The lowest BCUT2D eigenvalue weighted by Crippen LogP contribution is -2.31. The second-order valence-corrected chi connectivity index (χ2v) is 6.24. The number of carbonyl (C=O) groups excluding carboxylic acids is 2. The summed E-state index contributed by atoms with van der Waals surface area (Å²) in [6, 6.07) is 14.2. The molecule has 0 aromatic heterocycles. The molecule has 126 valence electrons. The van der Waals surface area contributed by atoms with Crippen molar-refractivity contribution in [2.75, 3.05) is 11.9 Å². The van der Waals surface area contributed by atoms with Gasteiger partial charge >= 0.3 is 0 Å². The minimum absolute atomic E-state index is 0.0794. The first-order chi connectivity index (χ1) is 11.4. The highest BCUT2D eigenvalue weighted by molar-refractivity contribution is 6.30. The summed E-state index contributed by atoms with van der Waals surface area (Å²) in [7, 11) is 0. The molecule has 0 radical (unpaired) electrons. The molecule has 0 unspecified atom stereocenters. The Kier molecular flexibility index (Phi) is 6.64. The molecule has 24 heavy (non-hydrogen) atoms. The zero-order valence-electron chi connectivity index (χ0n) is 13.3. The number of amides is 2. The number of carbonyl (C=O) groups is 2. The van der Waals surface area contributed by atoms with E-state index in [9.17, 15) is 9.59 Å². The summed E-state index contributed by atoms with van der Waals surface area (Å²) in [6.45, 7) is 2.28. The quantitative estimate of drug-likeness (QED) is 0.826. The van der Waals surface area contributed by atoms with Gasteiger partial charge in [-0.2, -0.15) is 0 Å². The van der Waals surface area contributed by atoms with E-state index in [0.717, 1.165) is 5.56 Å². The third-order valence-electron chi connectivity index (χ3n) is 3.47. The van der Waals surface area contributed by atoms with Crippen LogP contribution in [-0.4, -0.2) is 23.3 Å². The van der Waals surface area contributed by atoms with Crippen molar-refractivity contribution in [1.29, 1.82) is 0 Å². The number of rotatable bonds is 6. The molecule has 2 aromatic rings. The van der Waals surface area contributed by atoms with Crippen molar-refractivity contribution in [2.24, 2.45) is 0 Å². The van der Waals surface area contributed by atoms with Gasteiger partial charge in [-0.15, -0.1) is 0 Å². The van der Waals surface area contributed by atoms with Crippen molar-refractivity contribution < 1.29 is 9.59 Å². The number of nitrogens with one attached hydrogen (secondary N) is 1. The van der Waals surface area contributed by atoms with Crippen molar-refractivity contribution >= 4 is 40.7 Å². The van der Waals surface area contributed by atoms with Crippen LogP contribution in [0.5, 0.6) is 0 Å². The van der Waals surface area contributed by atoms with E-state index in [1.165, 1.54) is 6.92 Å². The average Bonchev–Trinajstić information content (AvgIpc) is 2.55.